The van der Waals surface area contributed by atoms with Gasteiger partial charge in [0.2, 0.25) is 0 Å². The minimum atomic E-state index is -0.135. The lowest BCUT2D eigenvalue weighted by Gasteiger charge is -2.16. The summed E-state index contributed by atoms with van der Waals surface area (Å²) >= 11 is 6.79. The van der Waals surface area contributed by atoms with Gasteiger partial charge in [-0.1, -0.05) is 36.8 Å². The summed E-state index contributed by atoms with van der Waals surface area (Å²) in [5, 5.41) is 12.6. The first-order valence-corrected chi connectivity index (χ1v) is 10.3. The van der Waals surface area contributed by atoms with Gasteiger partial charge in [0.25, 0.3) is 5.91 Å². The highest BCUT2D eigenvalue weighted by molar-refractivity contribution is 7.98. The molecule has 3 rings (SSSR count). The molecule has 0 bridgehead atoms. The smallest absolute Gasteiger partial charge is 0.254 e. The van der Waals surface area contributed by atoms with Gasteiger partial charge in [0.05, 0.1) is 5.56 Å². The number of rotatable bonds is 7. The number of nitrogens with zero attached hydrogens (tertiary/aromatic N) is 3. The summed E-state index contributed by atoms with van der Waals surface area (Å²) < 4.78 is 2.78. The summed E-state index contributed by atoms with van der Waals surface area (Å²) in [6.45, 7) is 0.592. The van der Waals surface area contributed by atoms with E-state index in [1.807, 2.05) is 6.26 Å². The molecule has 0 radical (unpaired) electrons. The molecular weight excluding hydrogens is 354 g/mol. The number of carbonyl (C=O) groups excluding carboxylic acids is 1. The van der Waals surface area contributed by atoms with E-state index in [4.69, 9.17) is 12.2 Å². The predicted octanol–water partition coefficient (Wildman–Crippen LogP) is 3.54. The Bertz CT molecular complexity index is 779. The molecule has 2 aromatic heterocycles. The first-order valence-electron chi connectivity index (χ1n) is 8.64. The Morgan fingerprint density at radius 1 is 1.44 bits per heavy atom. The van der Waals surface area contributed by atoms with E-state index in [1.165, 1.54) is 25.7 Å². The normalized spacial score (nSPS) is 14.8. The van der Waals surface area contributed by atoms with Gasteiger partial charge in [0, 0.05) is 25.2 Å². The van der Waals surface area contributed by atoms with Crippen LogP contribution in [0.15, 0.2) is 23.5 Å². The van der Waals surface area contributed by atoms with Crippen LogP contribution < -0.4 is 5.32 Å². The summed E-state index contributed by atoms with van der Waals surface area (Å²) in [4.78, 5) is 15.0. The number of thioether (sulfide) groups is 1. The summed E-state index contributed by atoms with van der Waals surface area (Å²) in [6, 6.07) is 4.04. The maximum absolute atomic E-state index is 12.2. The molecule has 2 aromatic rings. The van der Waals surface area contributed by atoms with Gasteiger partial charge in [-0.2, -0.15) is 0 Å². The predicted molar refractivity (Wildman–Crippen MR) is 102 cm³/mol. The maximum atomic E-state index is 12.2. The van der Waals surface area contributed by atoms with Crippen molar-refractivity contribution in [3.63, 3.8) is 0 Å². The molecule has 1 aliphatic carbocycles. The van der Waals surface area contributed by atoms with Gasteiger partial charge in [0.1, 0.15) is 10.5 Å². The van der Waals surface area contributed by atoms with Crippen LogP contribution in [0.2, 0.25) is 0 Å². The van der Waals surface area contributed by atoms with Gasteiger partial charge in [-0.05, 0) is 37.7 Å². The van der Waals surface area contributed by atoms with Crippen LogP contribution in [0.1, 0.15) is 54.3 Å². The van der Waals surface area contributed by atoms with Gasteiger partial charge >= 0.3 is 0 Å². The molecule has 134 valence electrons. The van der Waals surface area contributed by atoms with E-state index in [-0.39, 0.29) is 5.91 Å². The highest BCUT2D eigenvalue weighted by Gasteiger charge is 2.23. The molecule has 1 aliphatic rings. The molecular formula is C17H23N5OS2. The monoisotopic (exact) mass is 377 g/mol. The Morgan fingerprint density at radius 2 is 2.24 bits per heavy atom. The Kier molecular flexibility index (Phi) is 6.25. The third-order valence-corrected chi connectivity index (χ3v) is 5.51. The van der Waals surface area contributed by atoms with E-state index in [2.05, 4.69) is 25.1 Å². The second-order valence-corrected chi connectivity index (χ2v) is 7.37. The number of hydrogen-bond donors (Lipinski definition) is 2. The van der Waals surface area contributed by atoms with Crippen LogP contribution in [0, 0.1) is 4.64 Å². The summed E-state index contributed by atoms with van der Waals surface area (Å²) in [6.07, 6.45) is 10.4. The lowest BCUT2D eigenvalue weighted by Crippen LogP contribution is -2.25. The molecule has 8 heteroatoms. The quantitative estimate of drug-likeness (QED) is 0.438. The summed E-state index contributed by atoms with van der Waals surface area (Å²) in [5.41, 5.74) is 0.510. The molecule has 2 N–H and O–H groups in total. The zero-order valence-electron chi connectivity index (χ0n) is 14.3. The van der Waals surface area contributed by atoms with Crippen molar-refractivity contribution >= 4 is 29.9 Å². The Labute approximate surface area is 156 Å². The molecule has 0 aromatic carbocycles. The van der Waals surface area contributed by atoms with Gasteiger partial charge in [0.15, 0.2) is 5.16 Å². The fourth-order valence-corrected chi connectivity index (χ4v) is 4.09. The van der Waals surface area contributed by atoms with Crippen LogP contribution in [-0.2, 0) is 6.42 Å². The average Bonchev–Trinajstić information content (AvgIpc) is 3.27. The third kappa shape index (κ3) is 4.30. The molecule has 1 fully saturated rings. The van der Waals surface area contributed by atoms with E-state index >= 15 is 0 Å². The molecule has 1 amide bonds. The number of aromatic nitrogens is 4. The molecule has 0 aliphatic heterocycles. The highest BCUT2D eigenvalue weighted by atomic mass is 32.2. The Hall–Kier alpha value is -1.67. The van der Waals surface area contributed by atoms with Crippen LogP contribution in [0.4, 0.5) is 0 Å². The SMILES string of the molecule is CSc1nnc(CCCNC(=O)c2ccc[nH]c2=S)n1C1CCCC1. The maximum Gasteiger partial charge on any atom is 0.254 e. The number of hydrogen-bond acceptors (Lipinski definition) is 5. The Morgan fingerprint density at radius 3 is 2.96 bits per heavy atom. The fraction of sp³-hybridized carbons (Fsp3) is 0.529. The third-order valence-electron chi connectivity index (χ3n) is 4.53. The van der Waals surface area contributed by atoms with Crippen molar-refractivity contribution in [2.45, 2.75) is 49.7 Å². The van der Waals surface area contributed by atoms with Crippen molar-refractivity contribution in [3.8, 4) is 0 Å². The number of aromatic amines is 1. The van der Waals surface area contributed by atoms with E-state index < -0.39 is 0 Å². The van der Waals surface area contributed by atoms with Crippen molar-refractivity contribution in [2.24, 2.45) is 0 Å². The summed E-state index contributed by atoms with van der Waals surface area (Å²) in [5.74, 6) is 0.895. The van der Waals surface area contributed by atoms with Crippen LogP contribution in [0.5, 0.6) is 0 Å². The largest absolute Gasteiger partial charge is 0.352 e. The molecule has 25 heavy (non-hydrogen) atoms. The van der Waals surface area contributed by atoms with Gasteiger partial charge < -0.3 is 14.9 Å². The van der Waals surface area contributed by atoms with Crippen molar-refractivity contribution in [1.82, 2.24) is 25.1 Å². The van der Waals surface area contributed by atoms with E-state index in [1.54, 1.807) is 30.1 Å². The number of aryl methyl sites for hydroxylation is 1. The van der Waals surface area contributed by atoms with Crippen molar-refractivity contribution in [2.75, 3.05) is 12.8 Å². The lowest BCUT2D eigenvalue weighted by molar-refractivity contribution is 0.0952. The number of carbonyl (C=O) groups is 1. The zero-order chi connectivity index (χ0) is 17.6. The molecule has 6 nitrogen and oxygen atoms in total. The second kappa shape index (κ2) is 8.62. The first kappa shape index (κ1) is 18.1. The summed E-state index contributed by atoms with van der Waals surface area (Å²) in [7, 11) is 0. The lowest BCUT2D eigenvalue weighted by atomic mass is 10.2. The van der Waals surface area contributed by atoms with Crippen LogP contribution in [0.3, 0.4) is 0 Å². The number of nitrogens with one attached hydrogen (secondary N) is 2. The molecule has 1 saturated carbocycles. The second-order valence-electron chi connectivity index (χ2n) is 6.18. The van der Waals surface area contributed by atoms with Crippen molar-refractivity contribution in [1.29, 1.82) is 0 Å². The van der Waals surface area contributed by atoms with E-state index in [0.29, 0.717) is 22.8 Å². The molecule has 0 saturated heterocycles. The highest BCUT2D eigenvalue weighted by Crippen LogP contribution is 2.33. The van der Waals surface area contributed by atoms with Crippen molar-refractivity contribution in [3.05, 3.63) is 34.4 Å². The fourth-order valence-electron chi connectivity index (χ4n) is 3.29. The van der Waals surface area contributed by atoms with Crippen LogP contribution in [-0.4, -0.2) is 38.5 Å². The van der Waals surface area contributed by atoms with E-state index in [9.17, 15) is 4.79 Å². The standard InChI is InChI=1S/C17H23N5OS2/c1-25-17-21-20-14(22(17)12-6-2-3-7-12)9-5-10-18-15(23)13-8-4-11-19-16(13)24/h4,8,11-12H,2-3,5-7,9-10H2,1H3,(H,18,23)(H,19,24). The van der Waals surface area contributed by atoms with E-state index in [0.717, 1.165) is 23.8 Å². The van der Waals surface area contributed by atoms with Gasteiger partial charge in [-0.25, -0.2) is 0 Å². The average molecular weight is 378 g/mol. The first-order chi connectivity index (χ1) is 12.2. The zero-order valence-corrected chi connectivity index (χ0v) is 16.0. The molecule has 0 atom stereocenters. The van der Waals surface area contributed by atoms with Gasteiger partial charge in [-0.15, -0.1) is 10.2 Å². The minimum absolute atomic E-state index is 0.135. The number of amides is 1. The number of pyridine rings is 1. The minimum Gasteiger partial charge on any atom is -0.352 e. The Balaban J connectivity index is 1.56. The van der Waals surface area contributed by atoms with Crippen molar-refractivity contribution < 1.29 is 4.79 Å². The van der Waals surface area contributed by atoms with Crippen LogP contribution in [0.25, 0.3) is 0 Å². The topological polar surface area (TPSA) is 75.6 Å². The molecule has 0 spiro atoms. The number of H-pyrrole nitrogens is 1. The molecule has 2 heterocycles. The molecule has 0 unspecified atom stereocenters. The van der Waals surface area contributed by atoms with Gasteiger partial charge in [-0.3, -0.25) is 4.79 Å². The van der Waals surface area contributed by atoms with Crippen LogP contribution >= 0.6 is 24.0 Å².